The fourth-order valence-corrected chi connectivity index (χ4v) is 5.09. The largest absolute Gasteiger partial charge is 0.459 e. The van der Waals surface area contributed by atoms with E-state index < -0.39 is 24.0 Å². The lowest BCUT2D eigenvalue weighted by molar-refractivity contribution is -0.126. The van der Waals surface area contributed by atoms with Gasteiger partial charge in [-0.15, -0.1) is 0 Å². The van der Waals surface area contributed by atoms with Gasteiger partial charge in [-0.25, -0.2) is 9.96 Å². The summed E-state index contributed by atoms with van der Waals surface area (Å²) in [7, 11) is 0. The van der Waals surface area contributed by atoms with E-state index in [4.69, 9.17) is 44.1 Å². The topological polar surface area (TPSA) is 63.0 Å². The molecule has 36 heavy (non-hydrogen) atoms. The second kappa shape index (κ2) is 8.98. The first-order valence-corrected chi connectivity index (χ1v) is 12.3. The Hall–Kier alpha value is -3.29. The van der Waals surface area contributed by atoms with Crippen molar-refractivity contribution in [2.45, 2.75) is 12.1 Å². The van der Waals surface area contributed by atoms with Crippen LogP contribution >= 0.6 is 34.8 Å². The molecule has 9 heteroatoms. The number of rotatable bonds is 4. The average Bonchev–Trinajstić information content (AvgIpc) is 3.58. The van der Waals surface area contributed by atoms with Crippen molar-refractivity contribution in [2.24, 2.45) is 5.92 Å². The highest BCUT2D eigenvalue weighted by Gasteiger charge is 2.61. The van der Waals surface area contributed by atoms with Crippen LogP contribution in [0.3, 0.4) is 0 Å². The van der Waals surface area contributed by atoms with Gasteiger partial charge in [-0.3, -0.25) is 14.4 Å². The molecule has 0 spiro atoms. The number of nitrogens with zero attached hydrogens (tertiary/aromatic N) is 2. The average molecular weight is 540 g/mol. The smallest absolute Gasteiger partial charge is 0.266 e. The van der Waals surface area contributed by atoms with Crippen molar-refractivity contribution in [3.63, 3.8) is 0 Å². The van der Waals surface area contributed by atoms with Gasteiger partial charge in [-0.2, -0.15) is 0 Å². The lowest BCUT2D eigenvalue weighted by Gasteiger charge is -2.27. The van der Waals surface area contributed by atoms with E-state index in [2.05, 4.69) is 0 Å². The number of halogens is 3. The molecule has 3 atom stereocenters. The number of carbonyl (C=O) groups is 2. The Bertz CT molecular complexity index is 1470. The van der Waals surface area contributed by atoms with Crippen molar-refractivity contribution >= 4 is 58.0 Å². The van der Waals surface area contributed by atoms with E-state index in [-0.39, 0.29) is 5.91 Å². The fraction of sp³-hybridized carbons (Fsp3) is 0.111. The van der Waals surface area contributed by atoms with Crippen LogP contribution in [0.1, 0.15) is 11.8 Å². The molecule has 2 aliphatic rings. The predicted molar refractivity (Wildman–Crippen MR) is 138 cm³/mol. The maximum absolute atomic E-state index is 13.7. The zero-order valence-corrected chi connectivity index (χ0v) is 20.7. The van der Waals surface area contributed by atoms with Crippen LogP contribution in [0.2, 0.25) is 15.1 Å². The molecule has 0 bridgehead atoms. The number of imide groups is 1. The number of hydrogen-bond acceptors (Lipinski definition) is 5. The molecule has 2 amide bonds. The van der Waals surface area contributed by atoms with E-state index in [0.29, 0.717) is 38.0 Å². The van der Waals surface area contributed by atoms with Gasteiger partial charge < -0.3 is 4.42 Å². The fourth-order valence-electron chi connectivity index (χ4n) is 4.66. The SMILES string of the molecule is O=C1[C@@H]2[C@H](ON(c3ccccc3)[C@H]2c2ccc(-c3ccc(Cl)c(Cl)c3)o2)C(=O)N1c1ccc(Cl)cc1. The van der Waals surface area contributed by atoms with Gasteiger partial charge in [0.25, 0.3) is 5.91 Å². The number of anilines is 2. The summed E-state index contributed by atoms with van der Waals surface area (Å²) in [6.07, 6.45) is -1.00. The first-order chi connectivity index (χ1) is 17.4. The van der Waals surface area contributed by atoms with Crippen LogP contribution in [0.4, 0.5) is 11.4 Å². The Morgan fingerprint density at radius 1 is 0.722 bits per heavy atom. The Labute approximate surface area is 221 Å². The summed E-state index contributed by atoms with van der Waals surface area (Å²) in [5, 5.41) is 2.93. The third-order valence-electron chi connectivity index (χ3n) is 6.33. The number of amides is 2. The number of para-hydroxylation sites is 1. The monoisotopic (exact) mass is 538 g/mol. The van der Waals surface area contributed by atoms with E-state index in [1.54, 1.807) is 59.7 Å². The van der Waals surface area contributed by atoms with Crippen molar-refractivity contribution in [1.82, 2.24) is 0 Å². The van der Waals surface area contributed by atoms with E-state index >= 15 is 0 Å². The zero-order chi connectivity index (χ0) is 25.0. The van der Waals surface area contributed by atoms with E-state index in [0.717, 1.165) is 10.5 Å². The highest BCUT2D eigenvalue weighted by molar-refractivity contribution is 6.42. The van der Waals surface area contributed by atoms with Gasteiger partial charge in [-0.05, 0) is 66.7 Å². The zero-order valence-electron chi connectivity index (χ0n) is 18.5. The summed E-state index contributed by atoms with van der Waals surface area (Å²) in [5.41, 5.74) is 1.87. The van der Waals surface area contributed by atoms with Gasteiger partial charge in [0.1, 0.15) is 23.5 Å². The molecule has 6 rings (SSSR count). The number of furan rings is 1. The van der Waals surface area contributed by atoms with Gasteiger partial charge in [0.05, 0.1) is 21.4 Å². The summed E-state index contributed by atoms with van der Waals surface area (Å²) in [5.74, 6) is -0.602. The molecule has 3 heterocycles. The summed E-state index contributed by atoms with van der Waals surface area (Å²) >= 11 is 18.3. The van der Waals surface area contributed by atoms with Gasteiger partial charge >= 0.3 is 0 Å². The van der Waals surface area contributed by atoms with Crippen molar-refractivity contribution < 1.29 is 18.8 Å². The number of benzene rings is 3. The molecule has 3 aromatic carbocycles. The van der Waals surface area contributed by atoms with Crippen LogP contribution in [0.25, 0.3) is 11.3 Å². The maximum Gasteiger partial charge on any atom is 0.266 e. The molecule has 1 aromatic heterocycles. The molecule has 2 fully saturated rings. The first-order valence-electron chi connectivity index (χ1n) is 11.1. The number of hydroxylamine groups is 1. The van der Waals surface area contributed by atoms with Gasteiger partial charge in [0.15, 0.2) is 6.10 Å². The molecule has 180 valence electrons. The lowest BCUT2D eigenvalue weighted by Crippen LogP contribution is -2.37. The molecule has 2 saturated heterocycles. The highest BCUT2D eigenvalue weighted by atomic mass is 35.5. The van der Waals surface area contributed by atoms with Crippen LogP contribution in [0.5, 0.6) is 0 Å². The molecule has 0 N–H and O–H groups in total. The molecular weight excluding hydrogens is 523 g/mol. The van der Waals surface area contributed by atoms with E-state index in [1.165, 1.54) is 0 Å². The molecule has 0 saturated carbocycles. The molecule has 0 unspecified atom stereocenters. The maximum atomic E-state index is 13.7. The second-order valence-electron chi connectivity index (χ2n) is 8.48. The van der Waals surface area contributed by atoms with E-state index in [1.807, 2.05) is 30.3 Å². The second-order valence-corrected chi connectivity index (χ2v) is 9.73. The van der Waals surface area contributed by atoms with Crippen LogP contribution < -0.4 is 9.96 Å². The third-order valence-corrected chi connectivity index (χ3v) is 7.32. The van der Waals surface area contributed by atoms with Crippen LogP contribution in [0, 0.1) is 5.92 Å². The minimum Gasteiger partial charge on any atom is -0.459 e. The highest BCUT2D eigenvalue weighted by Crippen LogP contribution is 2.48. The normalized spacial score (nSPS) is 21.4. The van der Waals surface area contributed by atoms with Gasteiger partial charge in [0.2, 0.25) is 5.91 Å². The minimum absolute atomic E-state index is 0.372. The van der Waals surface area contributed by atoms with Gasteiger partial charge in [-0.1, -0.05) is 53.0 Å². The minimum atomic E-state index is -1.00. The number of hydrogen-bond donors (Lipinski definition) is 0. The number of fused-ring (bicyclic) bond motifs is 1. The molecule has 4 aromatic rings. The quantitative estimate of drug-likeness (QED) is 0.262. The van der Waals surface area contributed by atoms with Gasteiger partial charge in [0, 0.05) is 10.6 Å². The molecule has 2 aliphatic heterocycles. The molecule has 0 aliphatic carbocycles. The molecule has 0 radical (unpaired) electrons. The summed E-state index contributed by atoms with van der Waals surface area (Å²) in [6, 6.07) is 23.9. The van der Waals surface area contributed by atoms with Crippen molar-refractivity contribution in [3.05, 3.63) is 106 Å². The Morgan fingerprint density at radius 3 is 2.19 bits per heavy atom. The van der Waals surface area contributed by atoms with Crippen LogP contribution in [-0.4, -0.2) is 17.9 Å². The number of carbonyl (C=O) groups excluding carboxylic acids is 2. The Balaban J connectivity index is 1.41. The molecule has 6 nitrogen and oxygen atoms in total. The first kappa shape index (κ1) is 23.1. The van der Waals surface area contributed by atoms with Crippen molar-refractivity contribution in [3.8, 4) is 11.3 Å². The summed E-state index contributed by atoms with van der Waals surface area (Å²) in [4.78, 5) is 34.4. The van der Waals surface area contributed by atoms with Crippen LogP contribution in [-0.2, 0) is 14.4 Å². The lowest BCUT2D eigenvalue weighted by atomic mass is 9.94. The Morgan fingerprint density at radius 2 is 1.47 bits per heavy atom. The van der Waals surface area contributed by atoms with Crippen molar-refractivity contribution in [2.75, 3.05) is 9.96 Å². The molecular formula is C27H17Cl3N2O4. The summed E-state index contributed by atoms with van der Waals surface area (Å²) < 4.78 is 6.23. The summed E-state index contributed by atoms with van der Waals surface area (Å²) in [6.45, 7) is 0. The van der Waals surface area contributed by atoms with Crippen LogP contribution in [0.15, 0.2) is 89.3 Å². The Kier molecular flexibility index (Phi) is 5.77. The third kappa shape index (κ3) is 3.78. The van der Waals surface area contributed by atoms with E-state index in [9.17, 15) is 9.59 Å². The standard InChI is InChI=1S/C27H17Cl3N2O4/c28-16-7-9-17(10-8-16)31-26(33)23-24(32(36-25(23)27(31)34)18-4-2-1-3-5-18)22-13-12-21(35-22)15-6-11-19(29)20(30)14-15/h1-14,23-25H/t23-,24-,25-/m0/s1. The predicted octanol–water partition coefficient (Wildman–Crippen LogP) is 6.96. The van der Waals surface area contributed by atoms with Crippen molar-refractivity contribution in [1.29, 1.82) is 0 Å².